The largest absolute Gasteiger partial charge is 0.484 e. The van der Waals surface area contributed by atoms with E-state index in [-0.39, 0.29) is 0 Å². The summed E-state index contributed by atoms with van der Waals surface area (Å²) in [6.07, 6.45) is 3.81. The average molecular weight is 305 g/mol. The van der Waals surface area contributed by atoms with E-state index in [1.54, 1.807) is 0 Å². The second-order valence-electron chi connectivity index (χ2n) is 5.32. The molecule has 0 radical (unpaired) electrons. The van der Waals surface area contributed by atoms with Crippen molar-refractivity contribution in [3.8, 4) is 11.4 Å². The molecule has 0 aliphatic carbocycles. The van der Waals surface area contributed by atoms with E-state index in [4.69, 9.17) is 9.15 Å². The van der Waals surface area contributed by atoms with Gasteiger partial charge in [0.25, 0.3) is 0 Å². The highest BCUT2D eigenvalue weighted by Crippen LogP contribution is 2.19. The van der Waals surface area contributed by atoms with Gasteiger partial charge >= 0.3 is 0 Å². The van der Waals surface area contributed by atoms with Crippen LogP contribution in [0.4, 0.5) is 0 Å². The molecule has 0 amide bonds. The van der Waals surface area contributed by atoms with E-state index >= 15 is 0 Å². The Hall–Kier alpha value is -3.08. The van der Waals surface area contributed by atoms with Gasteiger partial charge < -0.3 is 9.15 Å². The molecule has 0 spiro atoms. The molecule has 0 aliphatic rings. The Bertz CT molecular complexity index is 905. The predicted octanol–water partition coefficient (Wildman–Crippen LogP) is 3.90. The van der Waals surface area contributed by atoms with Crippen LogP contribution in [0.25, 0.3) is 16.8 Å². The molecule has 0 bridgehead atoms. The normalized spacial score (nSPS) is 11.0. The summed E-state index contributed by atoms with van der Waals surface area (Å²) in [5.41, 5.74) is 3.74. The molecule has 4 rings (SSSR count). The summed E-state index contributed by atoms with van der Waals surface area (Å²) in [5.74, 6) is 1.33. The molecule has 2 aromatic carbocycles. The van der Waals surface area contributed by atoms with Crippen molar-refractivity contribution >= 4 is 11.1 Å². The molecule has 0 fully saturated rings. The zero-order valence-corrected chi connectivity index (χ0v) is 12.6. The minimum absolute atomic E-state index is 0.301. The Balaban J connectivity index is 1.46. The van der Waals surface area contributed by atoms with Crippen LogP contribution in [0.2, 0.25) is 0 Å². The molecule has 4 aromatic rings. The molecule has 0 unspecified atom stereocenters. The summed E-state index contributed by atoms with van der Waals surface area (Å²) in [4.78, 5) is 4.39. The van der Waals surface area contributed by atoms with Crippen LogP contribution >= 0.6 is 0 Å². The Kier molecular flexibility index (Phi) is 3.31. The minimum Gasteiger partial charge on any atom is -0.484 e. The summed E-state index contributed by atoms with van der Waals surface area (Å²) in [7, 11) is 0. The fourth-order valence-corrected chi connectivity index (χ4v) is 2.38. The SMILES string of the molecule is Cc1cnn(-c2ccc(OCc3nc4ccccc4o3)cc2)c1. The second-order valence-corrected chi connectivity index (χ2v) is 5.32. The van der Waals surface area contributed by atoms with Gasteiger partial charge in [0.05, 0.1) is 11.9 Å². The van der Waals surface area contributed by atoms with Gasteiger partial charge in [0, 0.05) is 6.20 Å². The standard InChI is InChI=1S/C18H15N3O2/c1-13-10-19-21(11-13)14-6-8-15(9-7-14)22-12-18-20-16-4-2-3-5-17(16)23-18/h2-11H,12H2,1H3. The lowest BCUT2D eigenvalue weighted by Gasteiger charge is -2.05. The van der Waals surface area contributed by atoms with Crippen LogP contribution in [0, 0.1) is 6.92 Å². The van der Waals surface area contributed by atoms with Gasteiger partial charge in [-0.3, -0.25) is 0 Å². The number of rotatable bonds is 4. The van der Waals surface area contributed by atoms with Crippen LogP contribution in [0.5, 0.6) is 5.75 Å². The van der Waals surface area contributed by atoms with Crippen molar-refractivity contribution in [1.82, 2.24) is 14.8 Å². The van der Waals surface area contributed by atoms with Crippen molar-refractivity contribution in [3.05, 3.63) is 72.4 Å². The van der Waals surface area contributed by atoms with Crippen LogP contribution in [0.3, 0.4) is 0 Å². The van der Waals surface area contributed by atoms with Gasteiger partial charge in [-0.05, 0) is 48.9 Å². The number of aryl methyl sites for hydroxylation is 1. The first kappa shape index (κ1) is 13.6. The molecule has 5 heteroatoms. The lowest BCUT2D eigenvalue weighted by molar-refractivity contribution is 0.267. The van der Waals surface area contributed by atoms with E-state index in [1.807, 2.05) is 72.5 Å². The van der Waals surface area contributed by atoms with E-state index < -0.39 is 0 Å². The number of aromatic nitrogens is 3. The molecule has 0 atom stereocenters. The van der Waals surface area contributed by atoms with Crippen molar-refractivity contribution < 1.29 is 9.15 Å². The highest BCUT2D eigenvalue weighted by Gasteiger charge is 2.06. The van der Waals surface area contributed by atoms with Gasteiger partial charge in [-0.15, -0.1) is 0 Å². The second kappa shape index (κ2) is 5.61. The van der Waals surface area contributed by atoms with Crippen LogP contribution in [0.1, 0.15) is 11.5 Å². The molecule has 114 valence electrons. The molecule has 2 aromatic heterocycles. The lowest BCUT2D eigenvalue weighted by Crippen LogP contribution is -1.97. The first-order valence-corrected chi connectivity index (χ1v) is 7.37. The number of ether oxygens (including phenoxy) is 1. The summed E-state index contributed by atoms with van der Waals surface area (Å²) >= 11 is 0. The lowest BCUT2D eigenvalue weighted by atomic mass is 10.3. The van der Waals surface area contributed by atoms with E-state index in [1.165, 1.54) is 0 Å². The van der Waals surface area contributed by atoms with Gasteiger partial charge in [-0.2, -0.15) is 5.10 Å². The third-order valence-corrected chi connectivity index (χ3v) is 3.51. The molecule has 5 nitrogen and oxygen atoms in total. The molecule has 0 N–H and O–H groups in total. The zero-order chi connectivity index (χ0) is 15.6. The first-order valence-electron chi connectivity index (χ1n) is 7.37. The smallest absolute Gasteiger partial charge is 0.233 e. The fourth-order valence-electron chi connectivity index (χ4n) is 2.38. The van der Waals surface area contributed by atoms with Gasteiger partial charge in [-0.1, -0.05) is 12.1 Å². The number of benzene rings is 2. The molecular weight excluding hydrogens is 290 g/mol. The third kappa shape index (κ3) is 2.81. The van der Waals surface area contributed by atoms with Crippen molar-refractivity contribution in [1.29, 1.82) is 0 Å². The number of oxazole rings is 1. The molecule has 23 heavy (non-hydrogen) atoms. The topological polar surface area (TPSA) is 53.1 Å². The molecule has 0 saturated heterocycles. The van der Waals surface area contributed by atoms with Crippen LogP contribution in [0.15, 0.2) is 65.3 Å². The fraction of sp³-hybridized carbons (Fsp3) is 0.111. The quantitative estimate of drug-likeness (QED) is 0.574. The summed E-state index contributed by atoms with van der Waals surface area (Å²) in [6, 6.07) is 15.4. The van der Waals surface area contributed by atoms with E-state index in [9.17, 15) is 0 Å². The molecular formula is C18H15N3O2. The molecule has 0 saturated carbocycles. The number of para-hydroxylation sites is 2. The highest BCUT2D eigenvalue weighted by molar-refractivity contribution is 5.72. The number of hydrogen-bond donors (Lipinski definition) is 0. The summed E-state index contributed by atoms with van der Waals surface area (Å²) in [6.45, 7) is 2.32. The maximum atomic E-state index is 5.73. The molecule has 0 aliphatic heterocycles. The molecule has 2 heterocycles. The van der Waals surface area contributed by atoms with E-state index in [2.05, 4.69) is 10.1 Å². The van der Waals surface area contributed by atoms with Gasteiger partial charge in [0.1, 0.15) is 11.3 Å². The van der Waals surface area contributed by atoms with Gasteiger partial charge in [0.15, 0.2) is 12.2 Å². The average Bonchev–Trinajstić information content (AvgIpc) is 3.19. The van der Waals surface area contributed by atoms with Crippen LogP contribution in [-0.2, 0) is 6.61 Å². The van der Waals surface area contributed by atoms with Crippen molar-refractivity contribution in [2.45, 2.75) is 13.5 Å². The minimum atomic E-state index is 0.301. The van der Waals surface area contributed by atoms with Crippen molar-refractivity contribution in [2.24, 2.45) is 0 Å². The van der Waals surface area contributed by atoms with Crippen LogP contribution < -0.4 is 4.74 Å². The maximum absolute atomic E-state index is 5.73. The van der Waals surface area contributed by atoms with Crippen molar-refractivity contribution in [3.63, 3.8) is 0 Å². The van der Waals surface area contributed by atoms with Crippen molar-refractivity contribution in [2.75, 3.05) is 0 Å². The number of fused-ring (bicyclic) bond motifs is 1. The highest BCUT2D eigenvalue weighted by atomic mass is 16.5. The third-order valence-electron chi connectivity index (χ3n) is 3.51. The summed E-state index contributed by atoms with van der Waals surface area (Å²) < 4.78 is 13.2. The van der Waals surface area contributed by atoms with E-state index in [0.717, 1.165) is 28.1 Å². The van der Waals surface area contributed by atoms with Gasteiger partial charge in [-0.25, -0.2) is 9.67 Å². The van der Waals surface area contributed by atoms with E-state index in [0.29, 0.717) is 12.5 Å². The first-order chi connectivity index (χ1) is 11.3. The Morgan fingerprint density at radius 1 is 1.09 bits per heavy atom. The zero-order valence-electron chi connectivity index (χ0n) is 12.6. The number of nitrogens with zero attached hydrogens (tertiary/aromatic N) is 3. The summed E-state index contributed by atoms with van der Waals surface area (Å²) in [5, 5.41) is 4.28. The predicted molar refractivity (Wildman–Crippen MR) is 86.6 cm³/mol. The van der Waals surface area contributed by atoms with Crippen LogP contribution in [-0.4, -0.2) is 14.8 Å². The van der Waals surface area contributed by atoms with Gasteiger partial charge in [0.2, 0.25) is 5.89 Å². The Labute approximate surface area is 133 Å². The monoisotopic (exact) mass is 305 g/mol. The maximum Gasteiger partial charge on any atom is 0.233 e. The Morgan fingerprint density at radius 2 is 1.91 bits per heavy atom. The Morgan fingerprint density at radius 3 is 2.65 bits per heavy atom. The number of hydrogen-bond acceptors (Lipinski definition) is 4.